The third-order valence-corrected chi connectivity index (χ3v) is 4.22. The maximum atomic E-state index is 12.2. The quantitative estimate of drug-likeness (QED) is 0.831. The fraction of sp³-hybridized carbons (Fsp3) is 0.562. The molecule has 1 fully saturated rings. The summed E-state index contributed by atoms with van der Waals surface area (Å²) in [6.45, 7) is 3.23. The SMILES string of the molecule is COc1ccccc1CCNC(=O)C1(CN)CC(C)C1. The molecule has 0 heterocycles. The van der Waals surface area contributed by atoms with E-state index >= 15 is 0 Å². The average Bonchev–Trinajstić information content (AvgIpc) is 2.44. The number of methoxy groups -OCH3 is 1. The molecule has 0 aliphatic heterocycles. The van der Waals surface area contributed by atoms with Crippen molar-refractivity contribution in [3.05, 3.63) is 29.8 Å². The van der Waals surface area contributed by atoms with Crippen molar-refractivity contribution < 1.29 is 9.53 Å². The van der Waals surface area contributed by atoms with Crippen molar-refractivity contribution in [2.75, 3.05) is 20.2 Å². The van der Waals surface area contributed by atoms with Crippen molar-refractivity contribution in [1.29, 1.82) is 0 Å². The summed E-state index contributed by atoms with van der Waals surface area (Å²) in [6, 6.07) is 7.88. The van der Waals surface area contributed by atoms with Gasteiger partial charge in [-0.25, -0.2) is 0 Å². The van der Waals surface area contributed by atoms with Gasteiger partial charge in [-0.05, 0) is 36.8 Å². The zero-order valence-electron chi connectivity index (χ0n) is 12.3. The molecule has 0 saturated heterocycles. The minimum Gasteiger partial charge on any atom is -0.496 e. The van der Waals surface area contributed by atoms with E-state index in [4.69, 9.17) is 10.5 Å². The fourth-order valence-corrected chi connectivity index (χ4v) is 3.13. The van der Waals surface area contributed by atoms with E-state index in [2.05, 4.69) is 12.2 Å². The predicted octanol–water partition coefficient (Wildman–Crippen LogP) is 1.73. The Labute approximate surface area is 120 Å². The van der Waals surface area contributed by atoms with E-state index in [1.807, 2.05) is 24.3 Å². The topological polar surface area (TPSA) is 64.3 Å². The number of para-hydroxylation sites is 1. The third kappa shape index (κ3) is 2.96. The van der Waals surface area contributed by atoms with Gasteiger partial charge < -0.3 is 15.8 Å². The first-order valence-corrected chi connectivity index (χ1v) is 7.21. The Morgan fingerprint density at radius 3 is 2.75 bits per heavy atom. The molecule has 1 saturated carbocycles. The van der Waals surface area contributed by atoms with E-state index in [1.165, 1.54) is 0 Å². The van der Waals surface area contributed by atoms with Gasteiger partial charge >= 0.3 is 0 Å². The fourth-order valence-electron chi connectivity index (χ4n) is 3.13. The van der Waals surface area contributed by atoms with Gasteiger partial charge in [0.15, 0.2) is 0 Å². The first kappa shape index (κ1) is 14.9. The minimum atomic E-state index is -0.319. The molecule has 110 valence electrons. The molecule has 1 aliphatic rings. The van der Waals surface area contributed by atoms with E-state index in [-0.39, 0.29) is 11.3 Å². The molecule has 0 unspecified atom stereocenters. The number of rotatable bonds is 6. The maximum Gasteiger partial charge on any atom is 0.227 e. The van der Waals surface area contributed by atoms with Crippen molar-refractivity contribution in [3.8, 4) is 5.75 Å². The summed E-state index contributed by atoms with van der Waals surface area (Å²) in [5, 5.41) is 3.02. The van der Waals surface area contributed by atoms with Crippen LogP contribution in [-0.4, -0.2) is 26.1 Å². The molecule has 4 nitrogen and oxygen atoms in total. The third-order valence-electron chi connectivity index (χ3n) is 4.22. The van der Waals surface area contributed by atoms with Crippen molar-refractivity contribution in [2.24, 2.45) is 17.1 Å². The molecular formula is C16H24N2O2. The molecule has 2 rings (SSSR count). The number of hydrogen-bond donors (Lipinski definition) is 2. The van der Waals surface area contributed by atoms with Crippen molar-refractivity contribution in [1.82, 2.24) is 5.32 Å². The standard InChI is InChI=1S/C16H24N2O2/c1-12-9-16(10-12,11-17)15(19)18-8-7-13-5-3-4-6-14(13)20-2/h3-6,12H,7-11,17H2,1-2H3,(H,18,19). The highest BCUT2D eigenvalue weighted by molar-refractivity contribution is 5.83. The van der Waals surface area contributed by atoms with Crippen LogP contribution in [0.4, 0.5) is 0 Å². The van der Waals surface area contributed by atoms with Gasteiger partial charge in [0, 0.05) is 13.1 Å². The van der Waals surface area contributed by atoms with Crippen LogP contribution < -0.4 is 15.8 Å². The van der Waals surface area contributed by atoms with E-state index in [9.17, 15) is 4.79 Å². The second-order valence-corrected chi connectivity index (χ2v) is 5.82. The molecule has 20 heavy (non-hydrogen) atoms. The van der Waals surface area contributed by atoms with Gasteiger partial charge in [0.25, 0.3) is 0 Å². The molecule has 0 aromatic heterocycles. The highest BCUT2D eigenvalue weighted by atomic mass is 16.5. The average molecular weight is 276 g/mol. The molecule has 3 N–H and O–H groups in total. The van der Waals surface area contributed by atoms with Gasteiger partial charge in [0.05, 0.1) is 12.5 Å². The van der Waals surface area contributed by atoms with Gasteiger partial charge in [-0.15, -0.1) is 0 Å². The van der Waals surface area contributed by atoms with Gasteiger partial charge in [-0.2, -0.15) is 0 Å². The number of carbonyl (C=O) groups is 1. The molecule has 1 aliphatic carbocycles. The van der Waals surface area contributed by atoms with E-state index in [1.54, 1.807) is 7.11 Å². The molecule has 0 spiro atoms. The van der Waals surface area contributed by atoms with Crippen molar-refractivity contribution >= 4 is 5.91 Å². The largest absolute Gasteiger partial charge is 0.496 e. The Morgan fingerprint density at radius 1 is 1.45 bits per heavy atom. The van der Waals surface area contributed by atoms with Crippen LogP contribution >= 0.6 is 0 Å². The Morgan fingerprint density at radius 2 is 2.15 bits per heavy atom. The highest BCUT2D eigenvalue weighted by Crippen LogP contribution is 2.44. The smallest absolute Gasteiger partial charge is 0.227 e. The van der Waals surface area contributed by atoms with Crippen LogP contribution in [0.25, 0.3) is 0 Å². The molecular weight excluding hydrogens is 252 g/mol. The molecule has 0 bridgehead atoms. The summed E-state index contributed by atoms with van der Waals surface area (Å²) in [7, 11) is 1.66. The highest BCUT2D eigenvalue weighted by Gasteiger charge is 2.46. The first-order valence-electron chi connectivity index (χ1n) is 7.21. The molecule has 4 heteroatoms. The molecule has 0 atom stereocenters. The number of amides is 1. The van der Waals surface area contributed by atoms with Gasteiger partial charge in [0.1, 0.15) is 5.75 Å². The Hall–Kier alpha value is -1.55. The number of nitrogens with two attached hydrogens (primary N) is 1. The van der Waals surface area contributed by atoms with Crippen LogP contribution in [0.2, 0.25) is 0 Å². The lowest BCUT2D eigenvalue weighted by Crippen LogP contribution is -2.53. The van der Waals surface area contributed by atoms with Crippen LogP contribution in [0, 0.1) is 11.3 Å². The van der Waals surface area contributed by atoms with E-state index in [0.717, 1.165) is 30.6 Å². The lowest BCUT2D eigenvalue weighted by atomic mass is 9.62. The molecule has 0 radical (unpaired) electrons. The molecule has 1 aromatic carbocycles. The summed E-state index contributed by atoms with van der Waals surface area (Å²) in [6.07, 6.45) is 2.58. The summed E-state index contributed by atoms with van der Waals surface area (Å²) < 4.78 is 5.31. The summed E-state index contributed by atoms with van der Waals surface area (Å²) in [5.41, 5.74) is 6.57. The van der Waals surface area contributed by atoms with Crippen LogP contribution in [0.1, 0.15) is 25.3 Å². The monoisotopic (exact) mass is 276 g/mol. The van der Waals surface area contributed by atoms with Crippen LogP contribution in [0.3, 0.4) is 0 Å². The van der Waals surface area contributed by atoms with E-state index in [0.29, 0.717) is 19.0 Å². The second kappa shape index (κ2) is 6.27. The second-order valence-electron chi connectivity index (χ2n) is 5.82. The number of ether oxygens (including phenoxy) is 1. The van der Waals surface area contributed by atoms with Gasteiger partial charge in [-0.1, -0.05) is 25.1 Å². The molecule has 1 aromatic rings. The lowest BCUT2D eigenvalue weighted by Gasteiger charge is -2.44. The Balaban J connectivity index is 1.85. The summed E-state index contributed by atoms with van der Waals surface area (Å²) >= 11 is 0. The Kier molecular flexibility index (Phi) is 4.65. The van der Waals surface area contributed by atoms with Gasteiger partial charge in [0.2, 0.25) is 5.91 Å². The lowest BCUT2D eigenvalue weighted by molar-refractivity contribution is -0.138. The van der Waals surface area contributed by atoms with Crippen LogP contribution in [0.5, 0.6) is 5.75 Å². The van der Waals surface area contributed by atoms with Crippen molar-refractivity contribution in [3.63, 3.8) is 0 Å². The van der Waals surface area contributed by atoms with Crippen LogP contribution in [0.15, 0.2) is 24.3 Å². The van der Waals surface area contributed by atoms with Crippen LogP contribution in [-0.2, 0) is 11.2 Å². The summed E-state index contributed by atoms with van der Waals surface area (Å²) in [5.74, 6) is 1.58. The zero-order valence-corrected chi connectivity index (χ0v) is 12.3. The number of hydrogen-bond acceptors (Lipinski definition) is 3. The normalized spacial score (nSPS) is 24.9. The number of carbonyl (C=O) groups excluding carboxylic acids is 1. The van der Waals surface area contributed by atoms with Gasteiger partial charge in [-0.3, -0.25) is 4.79 Å². The zero-order chi connectivity index (χ0) is 14.6. The summed E-state index contributed by atoms with van der Waals surface area (Å²) in [4.78, 5) is 12.2. The number of benzene rings is 1. The Bertz CT molecular complexity index is 467. The minimum absolute atomic E-state index is 0.105. The number of nitrogens with one attached hydrogen (secondary N) is 1. The first-order chi connectivity index (χ1) is 9.61. The maximum absolute atomic E-state index is 12.2. The van der Waals surface area contributed by atoms with Crippen molar-refractivity contribution in [2.45, 2.75) is 26.2 Å². The predicted molar refractivity (Wildman–Crippen MR) is 79.6 cm³/mol. The molecule has 1 amide bonds. The van der Waals surface area contributed by atoms with E-state index < -0.39 is 0 Å².